The van der Waals surface area contributed by atoms with Crippen molar-refractivity contribution in [3.05, 3.63) is 29.8 Å². The zero-order chi connectivity index (χ0) is 25.0. The van der Waals surface area contributed by atoms with E-state index in [-0.39, 0.29) is 7.05 Å². The summed E-state index contributed by atoms with van der Waals surface area (Å²) >= 11 is 0. The molecule has 0 atom stereocenters. The number of rotatable bonds is 6. The number of benzene rings is 1. The van der Waals surface area contributed by atoms with Gasteiger partial charge in [-0.3, -0.25) is 0 Å². The van der Waals surface area contributed by atoms with Gasteiger partial charge in [0.15, 0.2) is 0 Å². The largest absolute Gasteiger partial charge is 0.494 e. The highest BCUT2D eigenvalue weighted by Gasteiger charge is 2.66. The van der Waals surface area contributed by atoms with Crippen molar-refractivity contribution in [1.29, 1.82) is 0 Å². The molecule has 2 saturated heterocycles. The van der Waals surface area contributed by atoms with E-state index in [9.17, 15) is 5.02 Å². The Bertz CT molecular complexity index is 910. The standard InChI is InChI=1S/C30H44BNO5/c1-31(33)32-13-8-21(9-14-32)10-15-34-28-4-2-24(3-5-28)25-6-11-29(12-7-25)35-30(37-36-29)26-17-22-16-23(19-26)20-27(30)18-22/h2-5,21-23,25-27,33H,6-20H2,1H3. The van der Waals surface area contributed by atoms with Gasteiger partial charge in [0.1, 0.15) is 5.75 Å². The molecule has 0 unspecified atom stereocenters. The van der Waals surface area contributed by atoms with Crippen LogP contribution in [0.2, 0.25) is 6.82 Å². The Kier molecular flexibility index (Phi) is 6.60. The van der Waals surface area contributed by atoms with Crippen LogP contribution >= 0.6 is 0 Å². The SMILES string of the molecule is CB(O)N1CCC(CCOc2ccc(C3CCC4(CC3)OOC3(O4)C4CC5CC(C4)CC3C5)cc2)CC1. The lowest BCUT2D eigenvalue weighted by molar-refractivity contribution is -0.390. The zero-order valence-electron chi connectivity index (χ0n) is 22.5. The first-order valence-electron chi connectivity index (χ1n) is 15.2. The van der Waals surface area contributed by atoms with Crippen molar-refractivity contribution >= 4 is 7.05 Å². The normalized spacial score (nSPS) is 41.6. The van der Waals surface area contributed by atoms with Gasteiger partial charge < -0.3 is 19.3 Å². The van der Waals surface area contributed by atoms with Crippen LogP contribution in [0.25, 0.3) is 0 Å². The molecule has 0 amide bonds. The Morgan fingerprint density at radius 3 is 2.19 bits per heavy atom. The summed E-state index contributed by atoms with van der Waals surface area (Å²) in [6.45, 7) is 4.61. The van der Waals surface area contributed by atoms with Crippen LogP contribution in [0.4, 0.5) is 0 Å². The minimum atomic E-state index is -0.527. The Morgan fingerprint density at radius 1 is 0.919 bits per heavy atom. The van der Waals surface area contributed by atoms with Crippen molar-refractivity contribution in [1.82, 2.24) is 4.81 Å². The Labute approximate surface area is 222 Å². The number of hydrogen-bond acceptors (Lipinski definition) is 6. The first kappa shape index (κ1) is 24.9. The summed E-state index contributed by atoms with van der Waals surface area (Å²) in [6.07, 6.45) is 13.9. The smallest absolute Gasteiger partial charge is 0.376 e. The minimum Gasteiger partial charge on any atom is -0.494 e. The predicted octanol–water partition coefficient (Wildman–Crippen LogP) is 5.76. The minimum absolute atomic E-state index is 0.323. The molecule has 202 valence electrons. The summed E-state index contributed by atoms with van der Waals surface area (Å²) in [7, 11) is -0.323. The Hall–Kier alpha value is -1.12. The van der Waals surface area contributed by atoms with Crippen molar-refractivity contribution in [3.63, 3.8) is 0 Å². The first-order valence-corrected chi connectivity index (χ1v) is 15.2. The fourth-order valence-electron chi connectivity index (χ4n) is 8.98. The Balaban J connectivity index is 0.886. The number of nitrogens with zero attached hydrogens (tertiary/aromatic N) is 1. The molecule has 6 nitrogen and oxygen atoms in total. The van der Waals surface area contributed by atoms with Crippen LogP contribution in [0.5, 0.6) is 5.75 Å². The third-order valence-corrected chi connectivity index (χ3v) is 11.0. The van der Waals surface area contributed by atoms with Crippen LogP contribution in [0.1, 0.15) is 88.5 Å². The van der Waals surface area contributed by atoms with Crippen LogP contribution in [0.3, 0.4) is 0 Å². The van der Waals surface area contributed by atoms with E-state index in [0.29, 0.717) is 23.7 Å². The maximum absolute atomic E-state index is 9.73. The maximum Gasteiger partial charge on any atom is 0.376 e. The van der Waals surface area contributed by atoms with Gasteiger partial charge in [0, 0.05) is 24.7 Å². The average molecular weight is 509 g/mol. The average Bonchev–Trinajstić information content (AvgIpc) is 3.28. The second-order valence-electron chi connectivity index (χ2n) is 13.3. The van der Waals surface area contributed by atoms with Crippen LogP contribution in [-0.2, 0) is 14.5 Å². The molecule has 5 saturated carbocycles. The van der Waals surface area contributed by atoms with Gasteiger partial charge in [-0.05, 0) is 125 Å². The second kappa shape index (κ2) is 9.81. The predicted molar refractivity (Wildman–Crippen MR) is 142 cm³/mol. The van der Waals surface area contributed by atoms with Crippen molar-refractivity contribution in [2.75, 3.05) is 19.7 Å². The molecule has 1 N–H and O–H groups in total. The summed E-state index contributed by atoms with van der Waals surface area (Å²) in [6, 6.07) is 8.80. The summed E-state index contributed by atoms with van der Waals surface area (Å²) in [4.78, 5) is 14.5. The van der Waals surface area contributed by atoms with E-state index in [1.54, 1.807) is 0 Å². The first-order chi connectivity index (χ1) is 18.0. The van der Waals surface area contributed by atoms with Crippen LogP contribution < -0.4 is 4.74 Å². The summed E-state index contributed by atoms with van der Waals surface area (Å²) in [5.74, 6) is 4.09. The number of piperidine rings is 1. The third-order valence-electron chi connectivity index (χ3n) is 11.0. The Morgan fingerprint density at radius 2 is 1.57 bits per heavy atom. The lowest BCUT2D eigenvalue weighted by atomic mass is 9.53. The molecule has 0 radical (unpaired) electrons. The van der Waals surface area contributed by atoms with E-state index in [1.807, 2.05) is 6.82 Å². The molecule has 8 rings (SSSR count). The highest BCUT2D eigenvalue weighted by molar-refractivity contribution is 6.45. The van der Waals surface area contributed by atoms with E-state index in [2.05, 4.69) is 29.1 Å². The van der Waals surface area contributed by atoms with Crippen molar-refractivity contribution in [2.45, 2.75) is 101 Å². The number of hydrogen-bond donors (Lipinski definition) is 1. The summed E-state index contributed by atoms with van der Waals surface area (Å²) in [5, 5.41) is 9.73. The van der Waals surface area contributed by atoms with E-state index in [1.165, 1.54) is 37.7 Å². The van der Waals surface area contributed by atoms with E-state index < -0.39 is 11.6 Å². The van der Waals surface area contributed by atoms with Crippen molar-refractivity contribution < 1.29 is 24.3 Å². The molecule has 1 aromatic rings. The fraction of sp³-hybridized carbons (Fsp3) is 0.800. The molecule has 4 bridgehead atoms. The van der Waals surface area contributed by atoms with Crippen LogP contribution in [-0.4, -0.2) is 48.2 Å². The maximum atomic E-state index is 9.73. The topological polar surface area (TPSA) is 60.4 Å². The molecular formula is C30H44BNO5. The highest BCUT2D eigenvalue weighted by Crippen LogP contribution is 2.64. The van der Waals surface area contributed by atoms with Crippen molar-refractivity contribution in [2.24, 2.45) is 29.6 Å². The number of ether oxygens (including phenoxy) is 2. The quantitative estimate of drug-likeness (QED) is 0.389. The van der Waals surface area contributed by atoms with Crippen LogP contribution in [0.15, 0.2) is 24.3 Å². The molecule has 7 fully saturated rings. The van der Waals surface area contributed by atoms with Gasteiger partial charge in [0.25, 0.3) is 0 Å². The molecule has 7 heteroatoms. The van der Waals surface area contributed by atoms with Gasteiger partial charge in [-0.2, -0.15) is 9.78 Å². The van der Waals surface area contributed by atoms with Crippen molar-refractivity contribution in [3.8, 4) is 5.75 Å². The molecular weight excluding hydrogens is 465 g/mol. The lowest BCUT2D eigenvalue weighted by Gasteiger charge is -2.57. The van der Waals surface area contributed by atoms with Gasteiger partial charge in [-0.1, -0.05) is 12.1 Å². The second-order valence-corrected chi connectivity index (χ2v) is 13.3. The third kappa shape index (κ3) is 4.67. The van der Waals surface area contributed by atoms with E-state index >= 15 is 0 Å². The molecule has 0 aromatic heterocycles. The van der Waals surface area contributed by atoms with Crippen LogP contribution in [0, 0.1) is 29.6 Å². The zero-order valence-corrected chi connectivity index (χ0v) is 22.5. The molecule has 5 aliphatic carbocycles. The van der Waals surface area contributed by atoms with E-state index in [0.717, 1.165) is 82.2 Å². The monoisotopic (exact) mass is 509 g/mol. The molecule has 1 aromatic carbocycles. The summed E-state index contributed by atoms with van der Waals surface area (Å²) < 4.78 is 13.0. The van der Waals surface area contributed by atoms with Gasteiger partial charge in [0.05, 0.1) is 6.61 Å². The lowest BCUT2D eigenvalue weighted by Crippen LogP contribution is -2.59. The van der Waals surface area contributed by atoms with E-state index in [4.69, 9.17) is 19.2 Å². The van der Waals surface area contributed by atoms with Gasteiger partial charge >= 0.3 is 7.05 Å². The van der Waals surface area contributed by atoms with Gasteiger partial charge in [-0.25, -0.2) is 0 Å². The summed E-state index contributed by atoms with van der Waals surface area (Å²) in [5.41, 5.74) is 1.40. The molecule has 2 spiro atoms. The molecule has 2 heterocycles. The van der Waals surface area contributed by atoms with Gasteiger partial charge in [0.2, 0.25) is 11.6 Å². The molecule has 7 aliphatic rings. The molecule has 2 aliphatic heterocycles. The highest BCUT2D eigenvalue weighted by atomic mass is 17.3. The fourth-order valence-corrected chi connectivity index (χ4v) is 8.98. The molecule has 37 heavy (non-hydrogen) atoms. The van der Waals surface area contributed by atoms with Gasteiger partial charge in [-0.15, -0.1) is 0 Å².